The third-order valence-electron chi connectivity index (χ3n) is 5.79. The summed E-state index contributed by atoms with van der Waals surface area (Å²) in [6, 6.07) is 9.72. The molecule has 3 heterocycles. The molecule has 6 nitrogen and oxygen atoms in total. The lowest BCUT2D eigenvalue weighted by molar-refractivity contribution is 0.0439. The van der Waals surface area contributed by atoms with Gasteiger partial charge in [0.2, 0.25) is 0 Å². The highest BCUT2D eigenvalue weighted by Gasteiger charge is 2.52. The number of aliphatic hydroxyl groups excluding tert-OH is 1. The first kappa shape index (κ1) is 18.9. The summed E-state index contributed by atoms with van der Waals surface area (Å²) in [6.07, 6.45) is 0.814. The number of rotatable bonds is 4. The topological polar surface area (TPSA) is 75.6 Å². The van der Waals surface area contributed by atoms with Gasteiger partial charge in [0.05, 0.1) is 18.6 Å². The Bertz CT molecular complexity index is 898. The number of ether oxygens (including phenoxy) is 1. The fourth-order valence-corrected chi connectivity index (χ4v) is 4.45. The number of benzene rings is 1. The van der Waals surface area contributed by atoms with Crippen molar-refractivity contribution in [1.82, 2.24) is 14.9 Å². The molecule has 28 heavy (non-hydrogen) atoms. The van der Waals surface area contributed by atoms with Crippen molar-refractivity contribution in [1.29, 1.82) is 0 Å². The van der Waals surface area contributed by atoms with E-state index in [9.17, 15) is 9.90 Å². The Kier molecular flexibility index (Phi) is 4.83. The zero-order valence-electron chi connectivity index (χ0n) is 16.7. The van der Waals surface area contributed by atoms with Gasteiger partial charge in [0.25, 0.3) is 5.91 Å². The van der Waals surface area contributed by atoms with E-state index in [0.717, 1.165) is 23.4 Å². The van der Waals surface area contributed by atoms with Gasteiger partial charge in [0.1, 0.15) is 17.3 Å². The Hall–Kier alpha value is -2.47. The maximum atomic E-state index is 13.3. The van der Waals surface area contributed by atoms with Crippen LogP contribution in [-0.4, -0.2) is 52.2 Å². The lowest BCUT2D eigenvalue weighted by Gasteiger charge is -2.37. The van der Waals surface area contributed by atoms with Crippen molar-refractivity contribution in [3.8, 4) is 5.75 Å². The molecule has 2 aliphatic rings. The Balaban J connectivity index is 1.63. The molecule has 0 radical (unpaired) electrons. The summed E-state index contributed by atoms with van der Waals surface area (Å²) >= 11 is 0. The molecule has 4 rings (SSSR count). The van der Waals surface area contributed by atoms with E-state index in [1.165, 1.54) is 0 Å². The van der Waals surface area contributed by atoms with E-state index >= 15 is 0 Å². The number of likely N-dealkylation sites (tertiary alicyclic amines) is 1. The zero-order chi connectivity index (χ0) is 19.9. The molecule has 0 unspecified atom stereocenters. The number of carbonyl (C=O) groups is 1. The highest BCUT2D eigenvalue weighted by Crippen LogP contribution is 2.49. The molecule has 0 aliphatic carbocycles. The fraction of sp³-hybridized carbons (Fsp3) is 0.500. The normalized spacial score (nSPS) is 23.3. The molecule has 1 saturated heterocycles. The van der Waals surface area contributed by atoms with Gasteiger partial charge in [-0.3, -0.25) is 4.79 Å². The number of aromatic nitrogens is 2. The number of fused-ring (bicyclic) bond motifs is 3. The molecular weight excluding hydrogens is 354 g/mol. The lowest BCUT2D eigenvalue weighted by Crippen LogP contribution is -2.42. The minimum Gasteiger partial charge on any atom is -0.493 e. The van der Waals surface area contributed by atoms with Crippen LogP contribution < -0.4 is 4.74 Å². The van der Waals surface area contributed by atoms with Crippen LogP contribution in [0.5, 0.6) is 5.75 Å². The third kappa shape index (κ3) is 3.26. The van der Waals surface area contributed by atoms with Gasteiger partial charge >= 0.3 is 0 Å². The minimum absolute atomic E-state index is 0.0167. The number of aryl methyl sites for hydroxylation is 1. The van der Waals surface area contributed by atoms with Gasteiger partial charge in [-0.1, -0.05) is 32.0 Å². The van der Waals surface area contributed by atoms with Crippen LogP contribution in [-0.2, 0) is 6.42 Å². The minimum atomic E-state index is -0.465. The molecule has 0 saturated carbocycles. The second-order valence-electron chi connectivity index (χ2n) is 8.47. The monoisotopic (exact) mass is 381 g/mol. The van der Waals surface area contributed by atoms with Gasteiger partial charge in [-0.15, -0.1) is 0 Å². The quantitative estimate of drug-likeness (QED) is 0.881. The number of para-hydroxylation sites is 1. The first-order valence-electron chi connectivity index (χ1n) is 9.88. The lowest BCUT2D eigenvalue weighted by atomic mass is 9.74. The summed E-state index contributed by atoms with van der Waals surface area (Å²) in [5, 5.41) is 10.2. The molecule has 1 N–H and O–H groups in total. The Morgan fingerprint density at radius 3 is 2.89 bits per heavy atom. The first-order valence-corrected chi connectivity index (χ1v) is 9.88. The molecule has 1 amide bonds. The Morgan fingerprint density at radius 2 is 2.14 bits per heavy atom. The Morgan fingerprint density at radius 1 is 1.36 bits per heavy atom. The van der Waals surface area contributed by atoms with Gasteiger partial charge in [0, 0.05) is 24.7 Å². The van der Waals surface area contributed by atoms with Crippen LogP contribution in [0.1, 0.15) is 47.3 Å². The Labute approximate surface area is 165 Å². The molecule has 2 atom stereocenters. The second-order valence-corrected chi connectivity index (χ2v) is 8.47. The summed E-state index contributed by atoms with van der Waals surface area (Å²) in [5.74, 6) is 1.88. The van der Waals surface area contributed by atoms with E-state index in [1.54, 1.807) is 0 Å². The number of carbonyl (C=O) groups excluding carboxylic acids is 1. The average Bonchev–Trinajstić information content (AvgIpc) is 3.07. The first-order chi connectivity index (χ1) is 13.4. The van der Waals surface area contributed by atoms with E-state index in [1.807, 2.05) is 42.2 Å². The summed E-state index contributed by atoms with van der Waals surface area (Å²) in [4.78, 5) is 23.9. The van der Waals surface area contributed by atoms with Crippen LogP contribution in [0.3, 0.4) is 0 Å². The number of aliphatic hydroxyl groups is 1. The van der Waals surface area contributed by atoms with Gasteiger partial charge in [-0.25, -0.2) is 9.97 Å². The van der Waals surface area contributed by atoms with E-state index in [0.29, 0.717) is 37.1 Å². The second kappa shape index (κ2) is 7.17. The molecule has 2 aliphatic heterocycles. The number of hydrogen-bond donors (Lipinski definition) is 1. The van der Waals surface area contributed by atoms with E-state index in [2.05, 4.69) is 23.8 Å². The molecule has 1 aromatic carbocycles. The van der Waals surface area contributed by atoms with Crippen molar-refractivity contribution >= 4 is 5.91 Å². The van der Waals surface area contributed by atoms with Crippen LogP contribution in [0.25, 0.3) is 0 Å². The van der Waals surface area contributed by atoms with Crippen LogP contribution >= 0.6 is 0 Å². The molecule has 2 aromatic rings. The van der Waals surface area contributed by atoms with E-state index < -0.39 is 5.41 Å². The largest absolute Gasteiger partial charge is 0.493 e. The summed E-state index contributed by atoms with van der Waals surface area (Å²) < 4.78 is 5.92. The van der Waals surface area contributed by atoms with Gasteiger partial charge < -0.3 is 14.7 Å². The van der Waals surface area contributed by atoms with E-state index in [4.69, 9.17) is 4.74 Å². The van der Waals surface area contributed by atoms with Crippen LogP contribution in [0, 0.1) is 18.3 Å². The molecule has 0 spiro atoms. The van der Waals surface area contributed by atoms with Crippen LogP contribution in [0.2, 0.25) is 0 Å². The third-order valence-corrected chi connectivity index (χ3v) is 5.79. The summed E-state index contributed by atoms with van der Waals surface area (Å²) in [7, 11) is 0. The highest BCUT2D eigenvalue weighted by atomic mass is 16.5. The van der Waals surface area contributed by atoms with Crippen LogP contribution in [0.4, 0.5) is 0 Å². The van der Waals surface area contributed by atoms with Gasteiger partial charge in [-0.2, -0.15) is 0 Å². The number of amides is 1. The predicted octanol–water partition coefficient (Wildman–Crippen LogP) is 2.59. The smallest absolute Gasteiger partial charge is 0.272 e. The predicted molar refractivity (Wildman–Crippen MR) is 105 cm³/mol. The standard InChI is InChI=1S/C22H27N3O3/c1-14(2)8-16-9-19(24-15(3)23-16)21(27)25-10-18-17-6-4-5-7-20(17)28-13-22(18,11-25)12-26/h4-7,9,14,18,26H,8,10-13H2,1-3H3/t18-,22-/m1/s1. The molecule has 1 aromatic heterocycles. The van der Waals surface area contributed by atoms with Crippen molar-refractivity contribution in [3.63, 3.8) is 0 Å². The van der Waals surface area contributed by atoms with E-state index in [-0.39, 0.29) is 18.4 Å². The van der Waals surface area contributed by atoms with Crippen molar-refractivity contribution in [2.24, 2.45) is 11.3 Å². The molecule has 0 bridgehead atoms. The number of nitrogens with zero attached hydrogens (tertiary/aromatic N) is 3. The molecule has 6 heteroatoms. The fourth-order valence-electron chi connectivity index (χ4n) is 4.45. The van der Waals surface area contributed by atoms with Gasteiger partial charge in [-0.05, 0) is 37.0 Å². The van der Waals surface area contributed by atoms with Crippen molar-refractivity contribution in [2.75, 3.05) is 26.3 Å². The zero-order valence-corrected chi connectivity index (χ0v) is 16.7. The summed E-state index contributed by atoms with van der Waals surface area (Å²) in [6.45, 7) is 7.50. The van der Waals surface area contributed by atoms with Crippen molar-refractivity contribution in [3.05, 3.63) is 53.1 Å². The number of hydrogen-bond acceptors (Lipinski definition) is 5. The maximum absolute atomic E-state index is 13.3. The van der Waals surface area contributed by atoms with Crippen molar-refractivity contribution in [2.45, 2.75) is 33.1 Å². The molecule has 148 valence electrons. The highest BCUT2D eigenvalue weighted by molar-refractivity contribution is 5.92. The maximum Gasteiger partial charge on any atom is 0.272 e. The SMILES string of the molecule is Cc1nc(CC(C)C)cc(C(=O)N2C[C@@H]3c4ccccc4OC[C@]3(CO)C2)n1. The average molecular weight is 381 g/mol. The molecular formula is C22H27N3O3. The van der Waals surface area contributed by atoms with Crippen LogP contribution in [0.15, 0.2) is 30.3 Å². The summed E-state index contributed by atoms with van der Waals surface area (Å²) in [5.41, 5.74) is 1.93. The van der Waals surface area contributed by atoms with Gasteiger partial charge in [0.15, 0.2) is 0 Å². The molecule has 1 fully saturated rings. The van der Waals surface area contributed by atoms with Crippen molar-refractivity contribution < 1.29 is 14.6 Å².